The van der Waals surface area contributed by atoms with Crippen LogP contribution < -0.4 is 19.3 Å². The number of methoxy groups -OCH3 is 1. The Morgan fingerprint density at radius 1 is 0.944 bits per heavy atom. The number of aryl methyl sites for hydroxylation is 1. The molecule has 3 amide bonds. The van der Waals surface area contributed by atoms with Gasteiger partial charge in [0.2, 0.25) is 17.7 Å². The number of ether oxygens (including phenoxy) is 2. The van der Waals surface area contributed by atoms with E-state index in [1.165, 1.54) is 12.0 Å². The zero-order chi connectivity index (χ0) is 25.1. The summed E-state index contributed by atoms with van der Waals surface area (Å²) in [7, 11) is 1.54. The third kappa shape index (κ3) is 3.42. The molecule has 2 aromatic carbocycles. The number of carbonyl (C=O) groups is 4. The van der Waals surface area contributed by atoms with Gasteiger partial charge < -0.3 is 14.4 Å². The molecule has 0 radical (unpaired) electrons. The van der Waals surface area contributed by atoms with E-state index in [0.29, 0.717) is 40.3 Å². The van der Waals surface area contributed by atoms with E-state index in [1.807, 2.05) is 12.1 Å². The van der Waals surface area contributed by atoms with Crippen LogP contribution in [0, 0.1) is 36.5 Å². The smallest absolute Gasteiger partial charge is 0.316 e. The molecule has 2 heterocycles. The fourth-order valence-electron chi connectivity index (χ4n) is 6.74. The van der Waals surface area contributed by atoms with E-state index in [9.17, 15) is 19.2 Å². The van der Waals surface area contributed by atoms with Crippen LogP contribution >= 0.6 is 0 Å². The van der Waals surface area contributed by atoms with Gasteiger partial charge in [0.1, 0.15) is 11.5 Å². The van der Waals surface area contributed by atoms with Crippen molar-refractivity contribution in [1.29, 1.82) is 0 Å². The molecule has 2 aliphatic carbocycles. The second kappa shape index (κ2) is 8.47. The van der Waals surface area contributed by atoms with Gasteiger partial charge in [0.05, 0.1) is 36.2 Å². The van der Waals surface area contributed by atoms with Gasteiger partial charge >= 0.3 is 5.97 Å². The Balaban J connectivity index is 1.16. The summed E-state index contributed by atoms with van der Waals surface area (Å²) in [6, 6.07) is 12.1. The van der Waals surface area contributed by atoms with E-state index in [2.05, 4.69) is 0 Å². The van der Waals surface area contributed by atoms with Gasteiger partial charge in [-0.2, -0.15) is 0 Å². The summed E-state index contributed by atoms with van der Waals surface area (Å²) in [5.41, 5.74) is 1.86. The van der Waals surface area contributed by atoms with Crippen LogP contribution in [-0.2, 0) is 19.2 Å². The van der Waals surface area contributed by atoms with Crippen LogP contribution in [-0.4, -0.2) is 37.3 Å². The van der Waals surface area contributed by atoms with Gasteiger partial charge in [0.25, 0.3) is 0 Å². The molecular formula is C28H28N2O6. The molecule has 2 aromatic rings. The number of anilines is 2. The monoisotopic (exact) mass is 488 g/mol. The Hall–Kier alpha value is -3.68. The molecular weight excluding hydrogens is 460 g/mol. The molecule has 2 bridgehead atoms. The van der Waals surface area contributed by atoms with Crippen molar-refractivity contribution in [1.82, 2.24) is 0 Å². The van der Waals surface area contributed by atoms with Gasteiger partial charge in [-0.25, -0.2) is 4.90 Å². The summed E-state index contributed by atoms with van der Waals surface area (Å²) in [6.07, 6.45) is 3.11. The van der Waals surface area contributed by atoms with E-state index < -0.39 is 11.9 Å². The Kier molecular flexibility index (Phi) is 5.35. The van der Waals surface area contributed by atoms with Gasteiger partial charge in [0.15, 0.2) is 0 Å². The Morgan fingerprint density at radius 2 is 1.64 bits per heavy atom. The predicted octanol–water partition coefficient (Wildman–Crippen LogP) is 3.50. The number of nitrogens with zero attached hydrogens (tertiary/aromatic N) is 2. The molecule has 186 valence electrons. The third-order valence-corrected chi connectivity index (χ3v) is 8.39. The topological polar surface area (TPSA) is 93.2 Å². The predicted molar refractivity (Wildman–Crippen MR) is 131 cm³/mol. The largest absolute Gasteiger partial charge is 0.495 e. The van der Waals surface area contributed by atoms with Gasteiger partial charge in [-0.3, -0.25) is 19.2 Å². The molecule has 2 saturated carbocycles. The zero-order valence-electron chi connectivity index (χ0n) is 20.3. The Labute approximate surface area is 209 Å². The molecule has 0 N–H and O–H groups in total. The first-order valence-electron chi connectivity index (χ1n) is 12.5. The van der Waals surface area contributed by atoms with Gasteiger partial charge in [0, 0.05) is 13.0 Å². The molecule has 4 aliphatic rings. The normalized spacial score (nSPS) is 28.7. The molecule has 2 aliphatic heterocycles. The quantitative estimate of drug-likeness (QED) is 0.363. The summed E-state index contributed by atoms with van der Waals surface area (Å²) in [6.45, 7) is 2.01. The summed E-state index contributed by atoms with van der Waals surface area (Å²) in [4.78, 5) is 54.8. The average molecular weight is 489 g/mol. The van der Waals surface area contributed by atoms with Crippen molar-refractivity contribution >= 4 is 35.1 Å². The summed E-state index contributed by atoms with van der Waals surface area (Å²) < 4.78 is 11.0. The fraction of sp³-hybridized carbons (Fsp3) is 0.429. The van der Waals surface area contributed by atoms with E-state index >= 15 is 0 Å². The standard InChI is InChI=1S/C28H28N2O6/c1-15-11-19(9-10-20(15)30-26(32)24-16-7-8-17(12-16)25(24)27(30)33)36-28(34)18-13-23(31)29(14-18)21-5-3-4-6-22(21)35-2/h3-6,9-11,16-18,24-25H,7-8,12-14H2,1-2H3/t16-,17-,18-,24-,25+/m0/s1. The maximum Gasteiger partial charge on any atom is 0.316 e. The molecule has 5 atom stereocenters. The molecule has 36 heavy (non-hydrogen) atoms. The maximum absolute atomic E-state index is 13.2. The van der Waals surface area contributed by atoms with Crippen LogP contribution in [0.25, 0.3) is 0 Å². The number of benzene rings is 2. The first-order chi connectivity index (χ1) is 17.4. The van der Waals surface area contributed by atoms with Crippen molar-refractivity contribution in [3.63, 3.8) is 0 Å². The number of fused-ring (bicyclic) bond motifs is 5. The highest BCUT2D eigenvalue weighted by molar-refractivity contribution is 6.23. The first-order valence-corrected chi connectivity index (χ1v) is 12.5. The lowest BCUT2D eigenvalue weighted by molar-refractivity contribution is -0.139. The molecule has 8 heteroatoms. The average Bonchev–Trinajstić information content (AvgIpc) is 3.63. The number of hydrogen-bond donors (Lipinski definition) is 0. The van der Waals surface area contributed by atoms with Crippen LogP contribution in [0.1, 0.15) is 31.2 Å². The van der Waals surface area contributed by atoms with E-state index in [-0.39, 0.29) is 42.5 Å². The Morgan fingerprint density at radius 3 is 2.31 bits per heavy atom. The van der Waals surface area contributed by atoms with E-state index in [4.69, 9.17) is 9.47 Å². The van der Waals surface area contributed by atoms with E-state index in [0.717, 1.165) is 19.3 Å². The molecule has 8 nitrogen and oxygen atoms in total. The van der Waals surface area contributed by atoms with Gasteiger partial charge in [-0.05, 0) is 73.9 Å². The number of para-hydroxylation sites is 2. The van der Waals surface area contributed by atoms with Crippen molar-refractivity contribution in [2.24, 2.45) is 29.6 Å². The number of imide groups is 1. The van der Waals surface area contributed by atoms with Crippen LogP contribution in [0.15, 0.2) is 42.5 Å². The van der Waals surface area contributed by atoms with Crippen molar-refractivity contribution in [2.75, 3.05) is 23.5 Å². The minimum atomic E-state index is -0.612. The minimum absolute atomic E-state index is 0.0514. The summed E-state index contributed by atoms with van der Waals surface area (Å²) in [5.74, 6) is -0.281. The van der Waals surface area contributed by atoms with Gasteiger partial charge in [-0.15, -0.1) is 0 Å². The second-order valence-corrected chi connectivity index (χ2v) is 10.3. The molecule has 0 unspecified atom stereocenters. The molecule has 0 spiro atoms. The van der Waals surface area contributed by atoms with Crippen LogP contribution in [0.4, 0.5) is 11.4 Å². The molecule has 0 aromatic heterocycles. The number of hydrogen-bond acceptors (Lipinski definition) is 6. The fourth-order valence-corrected chi connectivity index (χ4v) is 6.74. The van der Waals surface area contributed by atoms with Crippen molar-refractivity contribution in [3.05, 3.63) is 48.0 Å². The maximum atomic E-state index is 13.2. The summed E-state index contributed by atoms with van der Waals surface area (Å²) >= 11 is 0. The zero-order valence-corrected chi connectivity index (χ0v) is 20.3. The number of rotatable bonds is 5. The highest BCUT2D eigenvalue weighted by atomic mass is 16.5. The van der Waals surface area contributed by atoms with Crippen LogP contribution in [0.2, 0.25) is 0 Å². The number of esters is 1. The third-order valence-electron chi connectivity index (χ3n) is 8.39. The lowest BCUT2D eigenvalue weighted by Gasteiger charge is -2.20. The first kappa shape index (κ1) is 22.8. The van der Waals surface area contributed by atoms with E-state index in [1.54, 1.807) is 42.2 Å². The summed E-state index contributed by atoms with van der Waals surface area (Å²) in [5, 5.41) is 0. The van der Waals surface area contributed by atoms with Crippen molar-refractivity contribution in [3.8, 4) is 11.5 Å². The molecule has 6 rings (SSSR count). The highest BCUT2D eigenvalue weighted by Gasteiger charge is 2.61. The SMILES string of the molecule is COc1ccccc1N1C[C@@H](C(=O)Oc2ccc(N3C(=O)[C@@H]4[C@H]5CC[C@@H](C5)[C@@H]4C3=O)c(C)c2)CC1=O. The highest BCUT2D eigenvalue weighted by Crippen LogP contribution is 2.56. The molecule has 2 saturated heterocycles. The number of carbonyl (C=O) groups excluding carboxylic acids is 4. The second-order valence-electron chi connectivity index (χ2n) is 10.3. The molecule has 4 fully saturated rings. The van der Waals surface area contributed by atoms with Crippen molar-refractivity contribution in [2.45, 2.75) is 32.6 Å². The van der Waals surface area contributed by atoms with Gasteiger partial charge in [-0.1, -0.05) is 12.1 Å². The van der Waals surface area contributed by atoms with Crippen molar-refractivity contribution < 1.29 is 28.7 Å². The lowest BCUT2D eigenvalue weighted by atomic mass is 9.81. The minimum Gasteiger partial charge on any atom is -0.495 e. The Bertz CT molecular complexity index is 1260. The van der Waals surface area contributed by atoms with Crippen LogP contribution in [0.3, 0.4) is 0 Å². The number of amides is 3. The lowest BCUT2D eigenvalue weighted by Crippen LogP contribution is -2.33. The van der Waals surface area contributed by atoms with Crippen LogP contribution in [0.5, 0.6) is 11.5 Å².